The Morgan fingerprint density at radius 1 is 0.760 bits per heavy atom. The first-order valence-electron chi connectivity index (χ1n) is 10.6. The van der Waals surface area contributed by atoms with Gasteiger partial charge in [-0.15, -0.1) is 0 Å². The molecule has 0 aliphatic rings. The van der Waals surface area contributed by atoms with Gasteiger partial charge in [0.2, 0.25) is 0 Å². The van der Waals surface area contributed by atoms with Crippen molar-refractivity contribution in [1.82, 2.24) is 0 Å². The molecule has 0 amide bonds. The average molecular weight is 359 g/mol. The molecule has 0 heterocycles. The predicted octanol–water partition coefficient (Wildman–Crippen LogP) is 4.64. The summed E-state index contributed by atoms with van der Waals surface area (Å²) in [6, 6.07) is 0. The van der Waals surface area contributed by atoms with Crippen molar-refractivity contribution in [3.8, 4) is 0 Å². The number of rotatable bonds is 17. The maximum absolute atomic E-state index is 6.41. The van der Waals surface area contributed by atoms with Gasteiger partial charge in [0.25, 0.3) is 0 Å². The van der Waals surface area contributed by atoms with E-state index in [4.69, 9.17) is 20.9 Å². The molecule has 0 rings (SSSR count). The van der Waals surface area contributed by atoms with Crippen LogP contribution in [0.5, 0.6) is 0 Å². The minimum atomic E-state index is 0.00950. The van der Waals surface area contributed by atoms with E-state index in [2.05, 4.69) is 34.6 Å². The lowest BCUT2D eigenvalue weighted by molar-refractivity contribution is -0.0820. The quantitative estimate of drug-likeness (QED) is 0.372. The summed E-state index contributed by atoms with van der Waals surface area (Å²) in [5, 5.41) is 0. The average Bonchev–Trinajstić information content (AvgIpc) is 2.65. The maximum Gasteiger partial charge on any atom is 0.0678 e. The molecule has 1 atom stereocenters. The summed E-state index contributed by atoms with van der Waals surface area (Å²) in [7, 11) is 0. The topological polar surface area (TPSA) is 70.5 Å². The van der Waals surface area contributed by atoms with E-state index in [9.17, 15) is 0 Å². The smallest absolute Gasteiger partial charge is 0.0678 e. The van der Waals surface area contributed by atoms with Crippen LogP contribution in [0.1, 0.15) is 92.4 Å². The zero-order valence-electron chi connectivity index (χ0n) is 17.7. The Morgan fingerprint density at radius 2 is 1.28 bits per heavy atom. The number of nitrogens with two attached hydrogens (primary N) is 2. The third-order valence-corrected chi connectivity index (χ3v) is 5.94. The summed E-state index contributed by atoms with van der Waals surface area (Å²) in [5.74, 6) is 0.547. The fourth-order valence-corrected chi connectivity index (χ4v) is 3.47. The second-order valence-corrected chi connectivity index (χ2v) is 7.62. The Kier molecular flexibility index (Phi) is 13.9. The van der Waals surface area contributed by atoms with Gasteiger partial charge in [-0.1, -0.05) is 34.6 Å². The van der Waals surface area contributed by atoms with Crippen LogP contribution >= 0.6 is 0 Å². The van der Waals surface area contributed by atoms with Gasteiger partial charge >= 0.3 is 0 Å². The van der Waals surface area contributed by atoms with Crippen LogP contribution in [-0.4, -0.2) is 37.5 Å². The highest BCUT2D eigenvalue weighted by atomic mass is 16.5. The summed E-state index contributed by atoms with van der Waals surface area (Å²) in [4.78, 5) is 0. The van der Waals surface area contributed by atoms with E-state index in [0.717, 1.165) is 77.5 Å². The number of ether oxygens (including phenoxy) is 2. The second kappa shape index (κ2) is 14.0. The van der Waals surface area contributed by atoms with Gasteiger partial charge in [-0.25, -0.2) is 0 Å². The third-order valence-electron chi connectivity index (χ3n) is 5.94. The van der Waals surface area contributed by atoms with Crippen molar-refractivity contribution in [2.45, 2.75) is 104 Å². The van der Waals surface area contributed by atoms with Gasteiger partial charge in [0.05, 0.1) is 11.2 Å². The van der Waals surface area contributed by atoms with Gasteiger partial charge in [-0.3, -0.25) is 0 Å². The van der Waals surface area contributed by atoms with E-state index in [1.54, 1.807) is 0 Å². The van der Waals surface area contributed by atoms with Crippen molar-refractivity contribution in [1.29, 1.82) is 0 Å². The molecule has 152 valence electrons. The fourth-order valence-electron chi connectivity index (χ4n) is 3.47. The molecule has 0 radical (unpaired) electrons. The monoisotopic (exact) mass is 358 g/mol. The molecule has 0 aromatic heterocycles. The predicted molar refractivity (Wildman–Crippen MR) is 109 cm³/mol. The van der Waals surface area contributed by atoms with E-state index < -0.39 is 0 Å². The van der Waals surface area contributed by atoms with E-state index >= 15 is 0 Å². The van der Waals surface area contributed by atoms with Crippen molar-refractivity contribution in [3.63, 3.8) is 0 Å². The molecule has 0 spiro atoms. The first-order chi connectivity index (χ1) is 12.0. The molecule has 0 aliphatic carbocycles. The Bertz CT molecular complexity index is 302. The van der Waals surface area contributed by atoms with E-state index in [0.29, 0.717) is 12.5 Å². The molecule has 4 nitrogen and oxygen atoms in total. The van der Waals surface area contributed by atoms with Crippen molar-refractivity contribution >= 4 is 0 Å². The van der Waals surface area contributed by atoms with Crippen molar-refractivity contribution in [3.05, 3.63) is 0 Å². The van der Waals surface area contributed by atoms with E-state index in [1.165, 1.54) is 0 Å². The highest BCUT2D eigenvalue weighted by molar-refractivity contribution is 4.81. The lowest BCUT2D eigenvalue weighted by atomic mass is 9.87. The van der Waals surface area contributed by atoms with Gasteiger partial charge in [0, 0.05) is 13.2 Å². The van der Waals surface area contributed by atoms with Crippen LogP contribution in [-0.2, 0) is 9.47 Å². The summed E-state index contributed by atoms with van der Waals surface area (Å²) in [6.45, 7) is 14.3. The molecule has 1 unspecified atom stereocenters. The Morgan fingerprint density at radius 3 is 1.76 bits per heavy atom. The Labute approximate surface area is 157 Å². The van der Waals surface area contributed by atoms with E-state index in [1.807, 2.05) is 0 Å². The molecule has 4 heteroatoms. The molecular weight excluding hydrogens is 312 g/mol. The molecule has 0 aliphatic heterocycles. The maximum atomic E-state index is 6.41. The molecule has 0 saturated carbocycles. The zero-order chi connectivity index (χ0) is 19.2. The Hall–Kier alpha value is -0.160. The van der Waals surface area contributed by atoms with Crippen molar-refractivity contribution in [2.24, 2.45) is 17.4 Å². The van der Waals surface area contributed by atoms with Crippen LogP contribution in [0, 0.1) is 5.92 Å². The highest BCUT2D eigenvalue weighted by Gasteiger charge is 2.29. The molecule has 0 fully saturated rings. The lowest BCUT2D eigenvalue weighted by Crippen LogP contribution is -2.35. The summed E-state index contributed by atoms with van der Waals surface area (Å²) < 4.78 is 12.6. The first-order valence-corrected chi connectivity index (χ1v) is 10.6. The normalized spacial score (nSPS) is 14.0. The van der Waals surface area contributed by atoms with Crippen LogP contribution < -0.4 is 11.5 Å². The SMILES string of the molecule is CCC(CC)(CCC(C)COC(CC)(CC)CCCN)OCCCN. The zero-order valence-corrected chi connectivity index (χ0v) is 17.7. The van der Waals surface area contributed by atoms with Gasteiger partial charge < -0.3 is 20.9 Å². The summed E-state index contributed by atoms with van der Waals surface area (Å²) >= 11 is 0. The minimum absolute atomic E-state index is 0.00950. The van der Waals surface area contributed by atoms with Crippen LogP contribution in [0.4, 0.5) is 0 Å². The van der Waals surface area contributed by atoms with E-state index in [-0.39, 0.29) is 11.2 Å². The fraction of sp³-hybridized carbons (Fsp3) is 1.00. The lowest BCUT2D eigenvalue weighted by Gasteiger charge is -2.35. The minimum Gasteiger partial charge on any atom is -0.375 e. The molecule has 0 bridgehead atoms. The van der Waals surface area contributed by atoms with Crippen molar-refractivity contribution in [2.75, 3.05) is 26.3 Å². The molecular formula is C21H46N2O2. The number of hydrogen-bond acceptors (Lipinski definition) is 4. The van der Waals surface area contributed by atoms with Crippen LogP contribution in [0.2, 0.25) is 0 Å². The largest absolute Gasteiger partial charge is 0.375 e. The van der Waals surface area contributed by atoms with Crippen molar-refractivity contribution < 1.29 is 9.47 Å². The van der Waals surface area contributed by atoms with Crippen LogP contribution in [0.3, 0.4) is 0 Å². The van der Waals surface area contributed by atoms with Crippen LogP contribution in [0.25, 0.3) is 0 Å². The van der Waals surface area contributed by atoms with Gasteiger partial charge in [0.15, 0.2) is 0 Å². The van der Waals surface area contributed by atoms with Gasteiger partial charge in [-0.2, -0.15) is 0 Å². The highest BCUT2D eigenvalue weighted by Crippen LogP contribution is 2.31. The summed E-state index contributed by atoms with van der Waals surface area (Å²) in [5.41, 5.74) is 11.3. The molecule has 25 heavy (non-hydrogen) atoms. The Balaban J connectivity index is 4.47. The molecule has 4 N–H and O–H groups in total. The van der Waals surface area contributed by atoms with Gasteiger partial charge in [0.1, 0.15) is 0 Å². The number of hydrogen-bond donors (Lipinski definition) is 2. The summed E-state index contributed by atoms with van der Waals surface area (Å²) in [6.07, 6.45) is 9.54. The molecule has 0 aromatic carbocycles. The second-order valence-electron chi connectivity index (χ2n) is 7.62. The first kappa shape index (κ1) is 24.8. The van der Waals surface area contributed by atoms with Crippen LogP contribution in [0.15, 0.2) is 0 Å². The molecule has 0 saturated heterocycles. The third kappa shape index (κ3) is 9.37. The molecule has 0 aromatic rings. The van der Waals surface area contributed by atoms with Gasteiger partial charge in [-0.05, 0) is 76.8 Å². The standard InChI is InChI=1S/C21H46N2O2/c1-6-20(7-2,13-10-15-22)25-18-19(5)12-14-21(8-3,9-4)24-17-11-16-23/h19H,6-18,22-23H2,1-5H3.